The fourth-order valence-corrected chi connectivity index (χ4v) is 3.42. The molecule has 3 N–H and O–H groups in total. The van der Waals surface area contributed by atoms with Gasteiger partial charge < -0.3 is 10.5 Å². The summed E-state index contributed by atoms with van der Waals surface area (Å²) in [7, 11) is -3.61. The zero-order valence-corrected chi connectivity index (χ0v) is 14.1. The van der Waals surface area contributed by atoms with Crippen LogP contribution >= 0.6 is 22.6 Å². The van der Waals surface area contributed by atoms with Crippen molar-refractivity contribution in [3.8, 4) is 5.75 Å². The predicted octanol–water partition coefficient (Wildman–Crippen LogP) is 2.43. The number of halogens is 1. The van der Waals surface area contributed by atoms with Crippen LogP contribution in [0.4, 0.5) is 5.69 Å². The van der Waals surface area contributed by atoms with Crippen LogP contribution in [0.2, 0.25) is 0 Å². The van der Waals surface area contributed by atoms with Crippen molar-refractivity contribution in [2.24, 2.45) is 5.73 Å². The lowest BCUT2D eigenvalue weighted by Gasteiger charge is -2.10. The van der Waals surface area contributed by atoms with Crippen molar-refractivity contribution < 1.29 is 13.2 Å². The van der Waals surface area contributed by atoms with Crippen LogP contribution in [-0.4, -0.2) is 21.6 Å². The number of rotatable bonds is 6. The van der Waals surface area contributed by atoms with Crippen molar-refractivity contribution in [2.45, 2.75) is 4.90 Å². The second-order valence-corrected chi connectivity index (χ2v) is 7.04. The second kappa shape index (κ2) is 7.10. The molecule has 112 valence electrons. The summed E-state index contributed by atoms with van der Waals surface area (Å²) in [6.07, 6.45) is 0. The first kappa shape index (κ1) is 16.1. The van der Waals surface area contributed by atoms with Crippen molar-refractivity contribution in [1.29, 1.82) is 0 Å². The van der Waals surface area contributed by atoms with E-state index in [4.69, 9.17) is 10.5 Å². The number of hydrogen-bond acceptors (Lipinski definition) is 4. The normalized spacial score (nSPS) is 11.1. The summed E-state index contributed by atoms with van der Waals surface area (Å²) in [5.74, 6) is 0.591. The number of benzene rings is 2. The fraction of sp³-hybridized carbons (Fsp3) is 0.143. The SMILES string of the molecule is NCCOc1ccc(S(=O)(=O)Nc2ccccc2I)cc1. The number of nitrogens with two attached hydrogens (primary N) is 1. The molecule has 0 saturated carbocycles. The quantitative estimate of drug-likeness (QED) is 0.707. The summed E-state index contributed by atoms with van der Waals surface area (Å²) >= 11 is 2.08. The highest BCUT2D eigenvalue weighted by Gasteiger charge is 2.15. The molecule has 2 rings (SSSR count). The fourth-order valence-electron chi connectivity index (χ4n) is 1.64. The Bertz CT molecular complexity index is 702. The van der Waals surface area contributed by atoms with Crippen molar-refractivity contribution in [3.05, 3.63) is 52.1 Å². The molecule has 0 aliphatic carbocycles. The first-order valence-electron chi connectivity index (χ1n) is 6.23. The van der Waals surface area contributed by atoms with Crippen LogP contribution in [0, 0.1) is 3.57 Å². The minimum Gasteiger partial charge on any atom is -0.492 e. The maximum atomic E-state index is 12.3. The van der Waals surface area contributed by atoms with Gasteiger partial charge in [-0.25, -0.2) is 8.42 Å². The van der Waals surface area contributed by atoms with E-state index >= 15 is 0 Å². The maximum absolute atomic E-state index is 12.3. The van der Waals surface area contributed by atoms with E-state index in [1.807, 2.05) is 12.1 Å². The van der Waals surface area contributed by atoms with Gasteiger partial charge >= 0.3 is 0 Å². The van der Waals surface area contributed by atoms with Gasteiger partial charge in [0.15, 0.2) is 0 Å². The standard InChI is InChI=1S/C14H15IN2O3S/c15-13-3-1-2-4-14(13)17-21(18,19)12-7-5-11(6-8-12)20-10-9-16/h1-8,17H,9-10,16H2. The first-order valence-corrected chi connectivity index (χ1v) is 8.79. The Morgan fingerprint density at radius 2 is 1.76 bits per heavy atom. The minimum atomic E-state index is -3.61. The average Bonchev–Trinajstić information content (AvgIpc) is 2.48. The Morgan fingerprint density at radius 3 is 2.38 bits per heavy atom. The summed E-state index contributed by atoms with van der Waals surface area (Å²) in [5.41, 5.74) is 5.90. The molecule has 7 heteroatoms. The van der Waals surface area contributed by atoms with E-state index in [-0.39, 0.29) is 4.90 Å². The Hall–Kier alpha value is -1.32. The smallest absolute Gasteiger partial charge is 0.261 e. The van der Waals surface area contributed by atoms with Crippen LogP contribution in [-0.2, 0) is 10.0 Å². The van der Waals surface area contributed by atoms with Crippen LogP contribution in [0.3, 0.4) is 0 Å². The molecule has 0 saturated heterocycles. The lowest BCUT2D eigenvalue weighted by Crippen LogP contribution is -2.14. The van der Waals surface area contributed by atoms with Crippen molar-refractivity contribution >= 4 is 38.3 Å². The van der Waals surface area contributed by atoms with Crippen LogP contribution in [0.15, 0.2) is 53.4 Å². The molecule has 5 nitrogen and oxygen atoms in total. The molecule has 0 amide bonds. The lowest BCUT2D eigenvalue weighted by molar-refractivity contribution is 0.328. The van der Waals surface area contributed by atoms with Gasteiger partial charge in [0.05, 0.1) is 10.6 Å². The largest absolute Gasteiger partial charge is 0.492 e. The van der Waals surface area contributed by atoms with E-state index in [9.17, 15) is 8.42 Å². The van der Waals surface area contributed by atoms with Crippen LogP contribution in [0.25, 0.3) is 0 Å². The summed E-state index contributed by atoms with van der Waals surface area (Å²) in [6, 6.07) is 13.4. The van der Waals surface area contributed by atoms with Gasteiger partial charge in [0, 0.05) is 10.1 Å². The van der Waals surface area contributed by atoms with Gasteiger partial charge in [-0.2, -0.15) is 0 Å². The molecule has 0 atom stereocenters. The van der Waals surface area contributed by atoms with E-state index in [1.54, 1.807) is 24.3 Å². The van der Waals surface area contributed by atoms with Gasteiger partial charge in [0.25, 0.3) is 10.0 Å². The van der Waals surface area contributed by atoms with Crippen molar-refractivity contribution in [1.82, 2.24) is 0 Å². The number of hydrogen-bond donors (Lipinski definition) is 2. The predicted molar refractivity (Wildman–Crippen MR) is 91.0 cm³/mol. The topological polar surface area (TPSA) is 81.4 Å². The van der Waals surface area contributed by atoms with E-state index in [1.165, 1.54) is 12.1 Å². The Labute approximate surface area is 137 Å². The van der Waals surface area contributed by atoms with Crippen LogP contribution in [0.1, 0.15) is 0 Å². The van der Waals surface area contributed by atoms with Crippen LogP contribution in [0.5, 0.6) is 5.75 Å². The zero-order chi connectivity index (χ0) is 15.3. The number of sulfonamides is 1. The molecule has 0 unspecified atom stereocenters. The van der Waals surface area contributed by atoms with E-state index in [0.29, 0.717) is 24.6 Å². The summed E-state index contributed by atoms with van der Waals surface area (Å²) in [5, 5.41) is 0. The second-order valence-electron chi connectivity index (χ2n) is 4.19. The molecule has 21 heavy (non-hydrogen) atoms. The van der Waals surface area contributed by atoms with Gasteiger partial charge in [-0.3, -0.25) is 4.72 Å². The number of nitrogens with one attached hydrogen (secondary N) is 1. The molecule has 2 aromatic rings. The molecule has 0 aliphatic heterocycles. The molecule has 0 aromatic heterocycles. The molecular formula is C14H15IN2O3S. The summed E-state index contributed by atoms with van der Waals surface area (Å²) < 4.78 is 33.3. The van der Waals surface area contributed by atoms with Gasteiger partial charge in [-0.1, -0.05) is 12.1 Å². The molecule has 0 radical (unpaired) electrons. The molecule has 0 bridgehead atoms. The Morgan fingerprint density at radius 1 is 1.10 bits per heavy atom. The number of para-hydroxylation sites is 1. The highest BCUT2D eigenvalue weighted by Crippen LogP contribution is 2.22. The van der Waals surface area contributed by atoms with Gasteiger partial charge in [0.2, 0.25) is 0 Å². The van der Waals surface area contributed by atoms with Gasteiger partial charge in [-0.15, -0.1) is 0 Å². The monoisotopic (exact) mass is 418 g/mol. The molecule has 0 fully saturated rings. The van der Waals surface area contributed by atoms with Crippen molar-refractivity contribution in [3.63, 3.8) is 0 Å². The summed E-state index contributed by atoms with van der Waals surface area (Å²) in [6.45, 7) is 0.806. The molecular weight excluding hydrogens is 403 g/mol. The van der Waals surface area contributed by atoms with E-state index in [0.717, 1.165) is 3.57 Å². The Balaban J connectivity index is 2.18. The highest BCUT2D eigenvalue weighted by molar-refractivity contribution is 14.1. The average molecular weight is 418 g/mol. The highest BCUT2D eigenvalue weighted by atomic mass is 127. The lowest BCUT2D eigenvalue weighted by atomic mass is 10.3. The Kier molecular flexibility index (Phi) is 5.43. The third-order valence-electron chi connectivity index (χ3n) is 2.64. The molecule has 0 spiro atoms. The number of anilines is 1. The third-order valence-corrected chi connectivity index (χ3v) is 4.96. The van der Waals surface area contributed by atoms with Gasteiger partial charge in [0.1, 0.15) is 12.4 Å². The first-order chi connectivity index (χ1) is 10.0. The number of ether oxygens (including phenoxy) is 1. The third kappa shape index (κ3) is 4.32. The minimum absolute atomic E-state index is 0.183. The summed E-state index contributed by atoms with van der Waals surface area (Å²) in [4.78, 5) is 0.183. The molecule has 2 aromatic carbocycles. The van der Waals surface area contributed by atoms with Crippen LogP contribution < -0.4 is 15.2 Å². The zero-order valence-electron chi connectivity index (χ0n) is 11.1. The maximum Gasteiger partial charge on any atom is 0.261 e. The van der Waals surface area contributed by atoms with E-state index in [2.05, 4.69) is 27.3 Å². The van der Waals surface area contributed by atoms with E-state index < -0.39 is 10.0 Å². The van der Waals surface area contributed by atoms with Crippen molar-refractivity contribution in [2.75, 3.05) is 17.9 Å². The molecule has 0 aliphatic rings. The van der Waals surface area contributed by atoms with Gasteiger partial charge in [-0.05, 0) is 59.0 Å². The molecule has 0 heterocycles.